The molecule has 5 aliphatic heterocycles. The average Bonchev–Trinajstić information content (AvgIpc) is 3.69. The summed E-state index contributed by atoms with van der Waals surface area (Å²) >= 11 is 1.47. The van der Waals surface area contributed by atoms with Gasteiger partial charge in [-0.05, 0) is 36.1 Å². The third kappa shape index (κ3) is 4.49. The second kappa shape index (κ2) is 10.2. The van der Waals surface area contributed by atoms with Gasteiger partial charge in [0.1, 0.15) is 18.6 Å². The number of carboxylic acids is 1. The molecule has 4 saturated heterocycles. The largest absolute Gasteiger partial charge is 0.477 e. The fourth-order valence-corrected chi connectivity index (χ4v) is 8.45. The first kappa shape index (κ1) is 26.2. The number of tetrazole rings is 1. The number of amides is 3. The average molecular weight is 560 g/mol. The molecule has 6 heterocycles. The van der Waals surface area contributed by atoms with E-state index < -0.39 is 17.9 Å². The summed E-state index contributed by atoms with van der Waals surface area (Å²) < 4.78 is 1.29. The lowest BCUT2D eigenvalue weighted by Gasteiger charge is -2.47. The van der Waals surface area contributed by atoms with Crippen LogP contribution in [-0.2, 0) is 25.7 Å². The lowest BCUT2D eigenvalue weighted by Crippen LogP contribution is -2.66. The van der Waals surface area contributed by atoms with Crippen LogP contribution in [0.25, 0.3) is 0 Å². The molecule has 0 saturated carbocycles. The first-order valence-electron chi connectivity index (χ1n) is 13.5. The van der Waals surface area contributed by atoms with E-state index in [-0.39, 0.29) is 59.3 Å². The molecule has 1 aromatic rings. The molecule has 6 rings (SSSR count). The summed E-state index contributed by atoms with van der Waals surface area (Å²) in [5.74, 6) is -1.86. The Morgan fingerprint density at radius 1 is 1.28 bits per heavy atom. The minimum absolute atomic E-state index is 0.0199. The van der Waals surface area contributed by atoms with Gasteiger partial charge in [0.25, 0.3) is 0 Å². The summed E-state index contributed by atoms with van der Waals surface area (Å²) in [5.41, 5.74) is 0.0279. The van der Waals surface area contributed by atoms with E-state index in [0.717, 1.165) is 26.1 Å². The van der Waals surface area contributed by atoms with Crippen molar-refractivity contribution in [1.82, 2.24) is 46.0 Å². The minimum Gasteiger partial charge on any atom is -0.477 e. The van der Waals surface area contributed by atoms with Crippen LogP contribution in [0, 0.1) is 17.8 Å². The van der Waals surface area contributed by atoms with Gasteiger partial charge in [0.2, 0.25) is 17.7 Å². The number of aliphatic carboxylic acids is 1. The second-order valence-corrected chi connectivity index (χ2v) is 12.5. The van der Waals surface area contributed by atoms with Crippen LogP contribution in [-0.4, -0.2) is 114 Å². The fraction of sp³-hybridized carbons (Fsp3) is 0.708. The zero-order valence-electron chi connectivity index (χ0n) is 21.8. The Hall–Kier alpha value is -3.04. The van der Waals surface area contributed by atoms with Crippen molar-refractivity contribution < 1.29 is 24.3 Å². The van der Waals surface area contributed by atoms with Crippen LogP contribution in [0.15, 0.2) is 16.9 Å². The predicted octanol–water partition coefficient (Wildman–Crippen LogP) is -1.77. The molecule has 15 heteroatoms. The number of thioether (sulfide) groups is 1. The summed E-state index contributed by atoms with van der Waals surface area (Å²) in [7, 11) is 0. The number of rotatable bonds is 8. The zero-order chi connectivity index (χ0) is 27.4. The molecule has 5 aliphatic rings. The molecule has 1 aromatic heterocycles. The van der Waals surface area contributed by atoms with Crippen LogP contribution in [0.3, 0.4) is 0 Å². The van der Waals surface area contributed by atoms with Crippen LogP contribution in [0.5, 0.6) is 0 Å². The molecule has 4 N–H and O–H groups in total. The monoisotopic (exact) mass is 559 g/mol. The highest BCUT2D eigenvalue weighted by molar-refractivity contribution is 8.03. The molecule has 4 fully saturated rings. The van der Waals surface area contributed by atoms with Crippen molar-refractivity contribution in [2.75, 3.05) is 26.2 Å². The van der Waals surface area contributed by atoms with E-state index >= 15 is 0 Å². The van der Waals surface area contributed by atoms with Crippen LogP contribution in [0.4, 0.5) is 0 Å². The number of carbonyl (C=O) groups is 4. The molecule has 0 aliphatic carbocycles. The summed E-state index contributed by atoms with van der Waals surface area (Å²) in [4.78, 5) is 55.3. The molecular formula is C24H33N9O5S. The van der Waals surface area contributed by atoms with Gasteiger partial charge in [0, 0.05) is 54.3 Å². The predicted molar refractivity (Wildman–Crippen MR) is 138 cm³/mol. The molecule has 210 valence electrons. The van der Waals surface area contributed by atoms with Gasteiger partial charge in [-0.2, -0.15) is 0 Å². The topological polar surface area (TPSA) is 175 Å². The zero-order valence-corrected chi connectivity index (χ0v) is 22.6. The summed E-state index contributed by atoms with van der Waals surface area (Å²) in [5, 5.41) is 30.4. The Morgan fingerprint density at radius 2 is 2.10 bits per heavy atom. The highest BCUT2D eigenvalue weighted by Gasteiger charge is 2.60. The number of carbonyl (C=O) groups excluding carboxylic acids is 3. The van der Waals surface area contributed by atoms with Gasteiger partial charge in [-0.1, -0.05) is 6.92 Å². The van der Waals surface area contributed by atoms with E-state index in [9.17, 15) is 24.3 Å². The van der Waals surface area contributed by atoms with Crippen molar-refractivity contribution in [2.24, 2.45) is 17.8 Å². The van der Waals surface area contributed by atoms with Crippen molar-refractivity contribution in [3.8, 4) is 0 Å². The number of carboxylic acid groups (broad SMARTS) is 1. The highest BCUT2D eigenvalue weighted by Crippen LogP contribution is 2.52. The first-order chi connectivity index (χ1) is 18.7. The van der Waals surface area contributed by atoms with Gasteiger partial charge in [-0.3, -0.25) is 14.4 Å². The summed E-state index contributed by atoms with van der Waals surface area (Å²) in [6, 6.07) is -0.857. The molecule has 0 radical (unpaired) electrons. The smallest absolute Gasteiger partial charge is 0.353 e. The van der Waals surface area contributed by atoms with Gasteiger partial charge in [0.05, 0.1) is 18.0 Å². The Morgan fingerprint density at radius 3 is 2.85 bits per heavy atom. The summed E-state index contributed by atoms with van der Waals surface area (Å²) in [6.07, 6.45) is 2.97. The maximum atomic E-state index is 13.3. The molecule has 2 unspecified atom stereocenters. The third-order valence-electron chi connectivity index (χ3n) is 8.83. The lowest BCUT2D eigenvalue weighted by molar-refractivity contribution is -0.158. The maximum Gasteiger partial charge on any atom is 0.353 e. The van der Waals surface area contributed by atoms with Crippen molar-refractivity contribution in [3.63, 3.8) is 0 Å². The number of nitrogens with one attached hydrogen (secondary N) is 3. The Labute approximate surface area is 229 Å². The number of aromatic nitrogens is 4. The maximum absolute atomic E-state index is 13.3. The van der Waals surface area contributed by atoms with Crippen LogP contribution in [0.1, 0.15) is 26.7 Å². The van der Waals surface area contributed by atoms with Crippen molar-refractivity contribution >= 4 is 35.5 Å². The molecule has 0 aromatic carbocycles. The van der Waals surface area contributed by atoms with Crippen molar-refractivity contribution in [3.05, 3.63) is 16.9 Å². The van der Waals surface area contributed by atoms with Crippen molar-refractivity contribution in [1.29, 1.82) is 0 Å². The molecule has 0 bridgehead atoms. The molecular weight excluding hydrogens is 526 g/mol. The van der Waals surface area contributed by atoms with Gasteiger partial charge < -0.3 is 30.9 Å². The van der Waals surface area contributed by atoms with Crippen molar-refractivity contribution in [2.45, 2.75) is 62.7 Å². The molecule has 14 nitrogen and oxygen atoms in total. The van der Waals surface area contributed by atoms with E-state index in [4.69, 9.17) is 0 Å². The van der Waals surface area contributed by atoms with Crippen LogP contribution in [0.2, 0.25) is 0 Å². The van der Waals surface area contributed by atoms with Crippen LogP contribution >= 0.6 is 11.8 Å². The van der Waals surface area contributed by atoms with E-state index in [1.165, 1.54) is 27.7 Å². The minimum atomic E-state index is -1.13. The highest BCUT2D eigenvalue weighted by atomic mass is 32.2. The van der Waals surface area contributed by atoms with Gasteiger partial charge >= 0.3 is 5.97 Å². The Kier molecular flexibility index (Phi) is 6.83. The quantitative estimate of drug-likeness (QED) is 0.266. The number of fused-ring (bicyclic) bond motifs is 2. The molecule has 39 heavy (non-hydrogen) atoms. The number of likely N-dealkylation sites (tertiary alicyclic amines) is 1. The number of nitrogens with zero attached hydrogens (tertiary/aromatic N) is 6. The fourth-order valence-electron chi connectivity index (χ4n) is 6.97. The molecule has 0 spiro atoms. The van der Waals surface area contributed by atoms with E-state index in [1.807, 2.05) is 11.8 Å². The Balaban J connectivity index is 1.10. The Bertz CT molecular complexity index is 1210. The van der Waals surface area contributed by atoms with Gasteiger partial charge in [-0.15, -0.1) is 16.9 Å². The van der Waals surface area contributed by atoms with E-state index in [2.05, 4.69) is 31.5 Å². The lowest BCUT2D eigenvalue weighted by atomic mass is 9.78. The molecule has 3 amide bonds. The standard InChI is InChI=1S/C24H33N9O5S/c1-11-19-18(12(2)28-17(34)9-31-10-27-29-30-31)23(36)33(19)20(24(37)38)21(11)39-14-5-15(26-7-14)22(35)32-4-3-13-6-25-8-16(13)32/h10-16,18-19,25-26H,3-9H2,1-2H3,(H,28,34)(H,37,38)/t11-,12-,13?,14+,15+,16?,18-,19-/m1/s1. The SMILES string of the molecule is C[C@@H](NC(=O)Cn1cnnn1)[C@H]1C(=O)N2C(C(=O)O)=C(S[C@@H]3CN[C@H](C(=O)N4CCC5CNCC54)C3)[C@H](C)[C@H]12. The normalized spacial score (nSPS) is 34.2. The number of β-lactam (4-membered cyclic amide) rings is 1. The molecule has 8 atom stereocenters. The second-order valence-electron chi connectivity index (χ2n) is 11.1. The number of hydrogen-bond donors (Lipinski definition) is 4. The first-order valence-corrected chi connectivity index (χ1v) is 14.3. The van der Waals surface area contributed by atoms with Gasteiger partial charge in [-0.25, -0.2) is 9.48 Å². The third-order valence-corrected chi connectivity index (χ3v) is 10.3. The van der Waals surface area contributed by atoms with E-state index in [1.54, 1.807) is 6.92 Å². The van der Waals surface area contributed by atoms with E-state index in [0.29, 0.717) is 23.8 Å². The summed E-state index contributed by atoms with van der Waals surface area (Å²) in [6.45, 7) is 6.82. The van der Waals surface area contributed by atoms with Gasteiger partial charge in [0.15, 0.2) is 0 Å². The van der Waals surface area contributed by atoms with Crippen LogP contribution < -0.4 is 16.0 Å². The number of hydrogen-bond acceptors (Lipinski definition) is 10.